The number of nitrogens with one attached hydrogen (secondary N) is 3. The van der Waals surface area contributed by atoms with Crippen LogP contribution in [0.2, 0.25) is 0 Å². The summed E-state index contributed by atoms with van der Waals surface area (Å²) < 4.78 is 22.8. The van der Waals surface area contributed by atoms with Gasteiger partial charge in [0.15, 0.2) is 15.8 Å². The van der Waals surface area contributed by atoms with Gasteiger partial charge in [0.05, 0.1) is 5.75 Å². The fraction of sp³-hybridized carbons (Fsp3) is 0.846. The number of guanidine groups is 1. The van der Waals surface area contributed by atoms with Gasteiger partial charge in [-0.15, -0.1) is 24.0 Å². The lowest BCUT2D eigenvalue weighted by molar-refractivity contribution is -0.121. The molecule has 0 bridgehead atoms. The molecule has 0 aromatic rings. The molecular formula is C13H29IN4O3S. The topological polar surface area (TPSA) is 99.7 Å². The molecule has 0 aliphatic heterocycles. The molecule has 3 N–H and O–H groups in total. The van der Waals surface area contributed by atoms with Crippen molar-refractivity contribution in [1.82, 2.24) is 16.0 Å². The number of sulfone groups is 1. The van der Waals surface area contributed by atoms with Crippen LogP contribution in [0.15, 0.2) is 4.99 Å². The summed E-state index contributed by atoms with van der Waals surface area (Å²) in [5.41, 5.74) is -0.298. The zero-order chi connectivity index (χ0) is 16.5. The summed E-state index contributed by atoms with van der Waals surface area (Å²) in [5, 5.41) is 8.69. The van der Waals surface area contributed by atoms with E-state index in [0.29, 0.717) is 12.5 Å². The number of amides is 1. The molecule has 0 saturated carbocycles. The second kappa shape index (κ2) is 11.0. The Kier molecular flexibility index (Phi) is 11.9. The lowest BCUT2D eigenvalue weighted by Gasteiger charge is -2.20. The number of carbonyl (C=O) groups is 1. The number of aliphatic imine (C=N–C) groups is 1. The van der Waals surface area contributed by atoms with Gasteiger partial charge in [-0.05, 0) is 27.7 Å². The van der Waals surface area contributed by atoms with Crippen molar-refractivity contribution in [3.63, 3.8) is 0 Å². The van der Waals surface area contributed by atoms with Crippen LogP contribution in [0.4, 0.5) is 0 Å². The summed E-state index contributed by atoms with van der Waals surface area (Å²) >= 11 is 0. The van der Waals surface area contributed by atoms with E-state index in [1.807, 2.05) is 27.7 Å². The van der Waals surface area contributed by atoms with Crippen LogP contribution in [0.25, 0.3) is 0 Å². The maximum Gasteiger partial charge on any atom is 0.242 e. The van der Waals surface area contributed by atoms with E-state index >= 15 is 0 Å². The van der Waals surface area contributed by atoms with E-state index < -0.39 is 9.84 Å². The zero-order valence-corrected chi connectivity index (χ0v) is 17.2. The summed E-state index contributed by atoms with van der Waals surface area (Å²) in [4.78, 5) is 15.8. The molecule has 132 valence electrons. The number of halogens is 1. The molecule has 0 atom stereocenters. The highest BCUT2D eigenvalue weighted by Crippen LogP contribution is 1.97. The Morgan fingerprint density at radius 3 is 2.18 bits per heavy atom. The van der Waals surface area contributed by atoms with Crippen LogP contribution in [-0.4, -0.2) is 57.0 Å². The second-order valence-corrected chi connectivity index (χ2v) is 8.13. The molecule has 0 unspecified atom stereocenters. The zero-order valence-electron chi connectivity index (χ0n) is 14.0. The van der Waals surface area contributed by atoms with Gasteiger partial charge in [0.1, 0.15) is 6.54 Å². The van der Waals surface area contributed by atoms with E-state index in [0.717, 1.165) is 0 Å². The van der Waals surface area contributed by atoms with Gasteiger partial charge in [-0.2, -0.15) is 0 Å². The fourth-order valence-electron chi connectivity index (χ4n) is 1.42. The molecule has 0 rings (SSSR count). The minimum atomic E-state index is -3.01. The molecule has 0 spiro atoms. The average Bonchev–Trinajstić information content (AvgIpc) is 2.33. The Hall–Kier alpha value is -0.580. The predicted molar refractivity (Wildman–Crippen MR) is 102 cm³/mol. The molecule has 22 heavy (non-hydrogen) atoms. The van der Waals surface area contributed by atoms with E-state index in [4.69, 9.17) is 0 Å². The van der Waals surface area contributed by atoms with E-state index in [1.54, 1.807) is 6.92 Å². The monoisotopic (exact) mass is 448 g/mol. The maximum atomic E-state index is 11.7. The number of hydrogen-bond acceptors (Lipinski definition) is 4. The summed E-state index contributed by atoms with van der Waals surface area (Å²) in [6.07, 6.45) is 0. The van der Waals surface area contributed by atoms with Gasteiger partial charge >= 0.3 is 0 Å². The Morgan fingerprint density at radius 2 is 1.73 bits per heavy atom. The Balaban J connectivity index is 0. The second-order valence-electron chi connectivity index (χ2n) is 5.66. The van der Waals surface area contributed by atoms with Gasteiger partial charge in [-0.3, -0.25) is 4.79 Å². The van der Waals surface area contributed by atoms with Crippen LogP contribution in [0.1, 0.15) is 34.6 Å². The van der Waals surface area contributed by atoms with E-state index in [9.17, 15) is 13.2 Å². The standard InChI is InChI=1S/C13H28N4O3S.HI/c1-6-14-12(15-8-9-21(19,20)7-2)16-10-11(18)17-13(3,4)5;/h6-10H2,1-5H3,(H,17,18)(H2,14,15,16);1H. The first-order valence-corrected chi connectivity index (χ1v) is 8.95. The van der Waals surface area contributed by atoms with Crippen LogP contribution >= 0.6 is 24.0 Å². The van der Waals surface area contributed by atoms with Gasteiger partial charge in [0.2, 0.25) is 5.91 Å². The Morgan fingerprint density at radius 1 is 1.14 bits per heavy atom. The van der Waals surface area contributed by atoms with Crippen LogP contribution in [0.5, 0.6) is 0 Å². The number of nitrogens with zero attached hydrogens (tertiary/aromatic N) is 1. The molecule has 0 radical (unpaired) electrons. The molecule has 0 aliphatic carbocycles. The van der Waals surface area contributed by atoms with Crippen molar-refractivity contribution < 1.29 is 13.2 Å². The SMILES string of the molecule is CCNC(=NCC(=O)NC(C)(C)C)NCCS(=O)(=O)CC.I. The van der Waals surface area contributed by atoms with Gasteiger partial charge < -0.3 is 16.0 Å². The average molecular weight is 448 g/mol. The van der Waals surface area contributed by atoms with Crippen molar-refractivity contribution in [2.75, 3.05) is 31.1 Å². The number of hydrogen-bond donors (Lipinski definition) is 3. The molecule has 0 heterocycles. The van der Waals surface area contributed by atoms with E-state index in [1.165, 1.54) is 0 Å². The van der Waals surface area contributed by atoms with Gasteiger partial charge in [0, 0.05) is 24.4 Å². The van der Waals surface area contributed by atoms with Crippen molar-refractivity contribution in [1.29, 1.82) is 0 Å². The predicted octanol–water partition coefficient (Wildman–Crippen LogP) is 0.509. The summed E-state index contributed by atoms with van der Waals surface area (Å²) in [5.74, 6) is 0.423. The highest BCUT2D eigenvalue weighted by Gasteiger charge is 2.13. The lowest BCUT2D eigenvalue weighted by Crippen LogP contribution is -2.43. The maximum absolute atomic E-state index is 11.7. The summed E-state index contributed by atoms with van der Waals surface area (Å²) in [6.45, 7) is 10.1. The van der Waals surface area contributed by atoms with Crippen molar-refractivity contribution in [3.8, 4) is 0 Å². The molecule has 0 saturated heterocycles. The first-order valence-electron chi connectivity index (χ1n) is 7.13. The third-order valence-electron chi connectivity index (χ3n) is 2.38. The highest BCUT2D eigenvalue weighted by atomic mass is 127. The van der Waals surface area contributed by atoms with Gasteiger partial charge in [-0.1, -0.05) is 6.92 Å². The van der Waals surface area contributed by atoms with Crippen molar-refractivity contribution >= 4 is 45.7 Å². The number of carbonyl (C=O) groups excluding carboxylic acids is 1. The smallest absolute Gasteiger partial charge is 0.242 e. The normalized spacial score (nSPS) is 12.3. The van der Waals surface area contributed by atoms with Crippen LogP contribution in [0.3, 0.4) is 0 Å². The third kappa shape index (κ3) is 13.1. The lowest BCUT2D eigenvalue weighted by atomic mass is 10.1. The first kappa shape index (κ1) is 23.7. The van der Waals surface area contributed by atoms with E-state index in [-0.39, 0.29) is 60.0 Å². The molecule has 0 aromatic heterocycles. The summed E-state index contributed by atoms with van der Waals surface area (Å²) in [7, 11) is -3.01. The Bertz CT molecular complexity index is 458. The van der Waals surface area contributed by atoms with Gasteiger partial charge in [-0.25, -0.2) is 13.4 Å². The van der Waals surface area contributed by atoms with E-state index in [2.05, 4.69) is 20.9 Å². The molecular weight excluding hydrogens is 419 g/mol. The van der Waals surface area contributed by atoms with Crippen LogP contribution in [-0.2, 0) is 14.6 Å². The third-order valence-corrected chi connectivity index (χ3v) is 4.09. The van der Waals surface area contributed by atoms with Crippen molar-refractivity contribution in [2.45, 2.75) is 40.2 Å². The molecule has 7 nitrogen and oxygen atoms in total. The van der Waals surface area contributed by atoms with Crippen molar-refractivity contribution in [3.05, 3.63) is 0 Å². The molecule has 0 aliphatic rings. The van der Waals surface area contributed by atoms with Crippen LogP contribution < -0.4 is 16.0 Å². The fourth-order valence-corrected chi connectivity index (χ4v) is 2.12. The first-order chi connectivity index (χ1) is 9.59. The van der Waals surface area contributed by atoms with Crippen molar-refractivity contribution in [2.24, 2.45) is 4.99 Å². The van der Waals surface area contributed by atoms with Crippen LogP contribution in [0, 0.1) is 0 Å². The Labute approximate surface area is 151 Å². The molecule has 0 fully saturated rings. The largest absolute Gasteiger partial charge is 0.357 e. The highest BCUT2D eigenvalue weighted by molar-refractivity contribution is 14.0. The van der Waals surface area contributed by atoms with Gasteiger partial charge in [0.25, 0.3) is 0 Å². The minimum absolute atomic E-state index is 0. The quantitative estimate of drug-likeness (QED) is 0.300. The molecule has 1 amide bonds. The molecule has 0 aromatic carbocycles. The number of rotatable bonds is 7. The minimum Gasteiger partial charge on any atom is -0.357 e. The summed E-state index contributed by atoms with van der Waals surface area (Å²) in [6, 6.07) is 0. The molecule has 9 heteroatoms.